The number of piperidine rings is 1. The second-order valence-corrected chi connectivity index (χ2v) is 8.75. The molecule has 1 saturated heterocycles. The summed E-state index contributed by atoms with van der Waals surface area (Å²) in [5.41, 5.74) is 3.30. The van der Waals surface area contributed by atoms with Crippen LogP contribution in [0.15, 0.2) is 48.5 Å². The van der Waals surface area contributed by atoms with E-state index in [4.69, 9.17) is 4.74 Å². The van der Waals surface area contributed by atoms with E-state index in [0.29, 0.717) is 12.1 Å². The van der Waals surface area contributed by atoms with Gasteiger partial charge in [0.1, 0.15) is 5.75 Å². The van der Waals surface area contributed by atoms with Crippen LogP contribution in [0.25, 0.3) is 0 Å². The molecule has 6 heteroatoms. The molecule has 2 fully saturated rings. The number of rotatable bonds is 6. The summed E-state index contributed by atoms with van der Waals surface area (Å²) in [6, 6.07) is 20.4. The summed E-state index contributed by atoms with van der Waals surface area (Å²) < 4.78 is 5.67. The Balaban J connectivity index is 0.00000181. The molecule has 4 rings (SSSR count). The summed E-state index contributed by atoms with van der Waals surface area (Å²) >= 11 is 0. The van der Waals surface area contributed by atoms with E-state index >= 15 is 0 Å². The molecular weight excluding hydrogens is 441 g/mol. The zero-order chi connectivity index (χ0) is 20.8. The fourth-order valence-electron chi connectivity index (χ4n) is 5.19. The molecule has 0 amide bonds. The summed E-state index contributed by atoms with van der Waals surface area (Å²) in [5.74, 6) is 0.898. The van der Waals surface area contributed by atoms with E-state index in [-0.39, 0.29) is 30.2 Å². The number of halogens is 2. The van der Waals surface area contributed by atoms with Gasteiger partial charge in [0, 0.05) is 24.2 Å². The Hall–Kier alpha value is -1.77. The maximum absolute atomic E-state index is 10.0. The minimum atomic E-state index is -0.335. The van der Waals surface area contributed by atoms with Crippen molar-refractivity contribution >= 4 is 24.8 Å². The Labute approximate surface area is 204 Å². The Bertz CT molecular complexity index is 878. The van der Waals surface area contributed by atoms with Gasteiger partial charge in [-0.1, -0.05) is 55.7 Å². The summed E-state index contributed by atoms with van der Waals surface area (Å²) in [7, 11) is 1.73. The molecule has 0 radical (unpaired) electrons. The molecule has 1 saturated carbocycles. The van der Waals surface area contributed by atoms with Crippen LogP contribution in [0.3, 0.4) is 0 Å². The van der Waals surface area contributed by atoms with Gasteiger partial charge in [-0.2, -0.15) is 5.26 Å². The van der Waals surface area contributed by atoms with Crippen LogP contribution < -0.4 is 15.4 Å². The quantitative estimate of drug-likeness (QED) is 0.550. The molecule has 0 unspecified atom stereocenters. The standard InChI is InChI=1S/C26H33N3O.2ClH/c1-30-24-13-12-22(26(19-27)14-6-3-7-15-26)17-21(24)18-29-23-11-8-16-28-25(23)20-9-4-2-5-10-20;;/h2,4-5,9-10,12-13,17,23,25,28-29H,3,6-8,11,14-16,18H2,1H3;2*1H/t23-,25-;;/m0../s1. The zero-order valence-corrected chi connectivity index (χ0v) is 20.4. The average Bonchev–Trinajstić information content (AvgIpc) is 2.83. The van der Waals surface area contributed by atoms with Crippen LogP contribution in [-0.4, -0.2) is 19.7 Å². The third-order valence-electron chi connectivity index (χ3n) is 6.93. The molecule has 0 aromatic heterocycles. The van der Waals surface area contributed by atoms with Crippen LogP contribution >= 0.6 is 24.8 Å². The molecule has 4 nitrogen and oxygen atoms in total. The van der Waals surface area contributed by atoms with Gasteiger partial charge in [-0.25, -0.2) is 0 Å². The van der Waals surface area contributed by atoms with Gasteiger partial charge < -0.3 is 15.4 Å². The normalized spacial score (nSPS) is 22.0. The van der Waals surface area contributed by atoms with Gasteiger partial charge in [0.05, 0.1) is 18.6 Å². The zero-order valence-electron chi connectivity index (χ0n) is 18.8. The van der Waals surface area contributed by atoms with Crippen molar-refractivity contribution in [1.82, 2.24) is 10.6 Å². The third kappa shape index (κ3) is 5.77. The summed E-state index contributed by atoms with van der Waals surface area (Å²) in [5, 5.41) is 17.5. The first-order valence-corrected chi connectivity index (χ1v) is 11.4. The molecule has 0 bridgehead atoms. The molecule has 2 N–H and O–H groups in total. The van der Waals surface area contributed by atoms with Crippen molar-refractivity contribution < 1.29 is 4.74 Å². The third-order valence-corrected chi connectivity index (χ3v) is 6.93. The maximum atomic E-state index is 10.0. The first kappa shape index (κ1) is 26.5. The fraction of sp³-hybridized carbons (Fsp3) is 0.500. The van der Waals surface area contributed by atoms with Crippen LogP contribution in [0.1, 0.15) is 67.7 Å². The Morgan fingerprint density at radius 2 is 1.81 bits per heavy atom. The summed E-state index contributed by atoms with van der Waals surface area (Å²) in [6.45, 7) is 1.80. The smallest absolute Gasteiger partial charge is 0.123 e. The van der Waals surface area contributed by atoms with E-state index in [1.54, 1.807) is 7.11 Å². The van der Waals surface area contributed by atoms with E-state index in [2.05, 4.69) is 59.2 Å². The molecule has 2 aromatic carbocycles. The minimum Gasteiger partial charge on any atom is -0.496 e. The molecule has 2 aliphatic rings. The number of nitrogens with zero attached hydrogens (tertiary/aromatic N) is 1. The fourth-order valence-corrected chi connectivity index (χ4v) is 5.19. The largest absolute Gasteiger partial charge is 0.496 e. The van der Waals surface area contributed by atoms with Crippen LogP contribution in [0, 0.1) is 11.3 Å². The van der Waals surface area contributed by atoms with Crippen molar-refractivity contribution in [2.75, 3.05) is 13.7 Å². The van der Waals surface area contributed by atoms with Gasteiger partial charge in [-0.05, 0) is 55.5 Å². The first-order valence-electron chi connectivity index (χ1n) is 11.4. The van der Waals surface area contributed by atoms with Gasteiger partial charge in [-0.3, -0.25) is 0 Å². The average molecular weight is 476 g/mol. The van der Waals surface area contributed by atoms with E-state index in [9.17, 15) is 5.26 Å². The van der Waals surface area contributed by atoms with E-state index in [1.165, 1.54) is 18.4 Å². The Morgan fingerprint density at radius 3 is 2.50 bits per heavy atom. The summed E-state index contributed by atoms with van der Waals surface area (Å²) in [6.07, 6.45) is 7.77. The minimum absolute atomic E-state index is 0. The van der Waals surface area contributed by atoms with Gasteiger partial charge in [0.2, 0.25) is 0 Å². The van der Waals surface area contributed by atoms with Crippen molar-refractivity contribution in [3.05, 3.63) is 65.2 Å². The lowest BCUT2D eigenvalue weighted by molar-refractivity contribution is 0.302. The first-order chi connectivity index (χ1) is 14.8. The van der Waals surface area contributed by atoms with E-state index < -0.39 is 0 Å². The second-order valence-electron chi connectivity index (χ2n) is 8.75. The molecule has 1 aliphatic heterocycles. The highest BCUT2D eigenvalue weighted by Crippen LogP contribution is 2.40. The van der Waals surface area contributed by atoms with Crippen molar-refractivity contribution in [2.45, 2.75) is 69.0 Å². The van der Waals surface area contributed by atoms with Crippen molar-refractivity contribution in [3.8, 4) is 11.8 Å². The van der Waals surface area contributed by atoms with Crippen molar-refractivity contribution in [3.63, 3.8) is 0 Å². The highest BCUT2D eigenvalue weighted by Gasteiger charge is 2.34. The van der Waals surface area contributed by atoms with Gasteiger partial charge in [-0.15, -0.1) is 24.8 Å². The molecule has 1 heterocycles. The molecule has 1 aliphatic carbocycles. The van der Waals surface area contributed by atoms with E-state index in [0.717, 1.165) is 62.1 Å². The number of hydrogen-bond donors (Lipinski definition) is 2. The SMILES string of the molecule is COc1ccc(C2(C#N)CCCCC2)cc1CN[C@H]1CCCN[C@H]1c1ccccc1.Cl.Cl. The maximum Gasteiger partial charge on any atom is 0.123 e. The Morgan fingerprint density at radius 1 is 1.06 bits per heavy atom. The molecular formula is C26H35Cl2N3O. The van der Waals surface area contributed by atoms with Crippen molar-refractivity contribution in [1.29, 1.82) is 5.26 Å². The predicted molar refractivity (Wildman–Crippen MR) is 135 cm³/mol. The van der Waals surface area contributed by atoms with Gasteiger partial charge >= 0.3 is 0 Å². The van der Waals surface area contributed by atoms with E-state index in [1.807, 2.05) is 6.07 Å². The second kappa shape index (κ2) is 12.5. The highest BCUT2D eigenvalue weighted by atomic mass is 35.5. The van der Waals surface area contributed by atoms with Crippen LogP contribution in [0.5, 0.6) is 5.75 Å². The van der Waals surface area contributed by atoms with Gasteiger partial charge in [0.15, 0.2) is 0 Å². The molecule has 2 atom stereocenters. The highest BCUT2D eigenvalue weighted by molar-refractivity contribution is 5.85. The van der Waals surface area contributed by atoms with Crippen LogP contribution in [0.2, 0.25) is 0 Å². The number of benzene rings is 2. The molecule has 174 valence electrons. The summed E-state index contributed by atoms with van der Waals surface area (Å²) in [4.78, 5) is 0. The topological polar surface area (TPSA) is 57.1 Å². The number of nitrogens with one attached hydrogen (secondary N) is 2. The molecule has 32 heavy (non-hydrogen) atoms. The van der Waals surface area contributed by atoms with Gasteiger partial charge in [0.25, 0.3) is 0 Å². The lowest BCUT2D eigenvalue weighted by atomic mass is 9.70. The molecule has 0 spiro atoms. The number of methoxy groups -OCH3 is 1. The monoisotopic (exact) mass is 475 g/mol. The number of nitriles is 1. The van der Waals surface area contributed by atoms with Crippen LogP contribution in [-0.2, 0) is 12.0 Å². The van der Waals surface area contributed by atoms with Crippen molar-refractivity contribution in [2.24, 2.45) is 0 Å². The molecule has 2 aromatic rings. The predicted octanol–water partition coefficient (Wildman–Crippen LogP) is 5.85. The number of ether oxygens (including phenoxy) is 1. The lowest BCUT2D eigenvalue weighted by Gasteiger charge is -2.34. The van der Waals surface area contributed by atoms with Crippen LogP contribution in [0.4, 0.5) is 0 Å². The lowest BCUT2D eigenvalue weighted by Crippen LogP contribution is -2.45. The Kier molecular flexibility index (Phi) is 10.3. The number of hydrogen-bond acceptors (Lipinski definition) is 4.